The largest absolute Gasteiger partial charge is 0.373 e. The van der Waals surface area contributed by atoms with Crippen LogP contribution in [0.15, 0.2) is 35.7 Å². The van der Waals surface area contributed by atoms with E-state index in [1.54, 1.807) is 23.5 Å². The van der Waals surface area contributed by atoms with Gasteiger partial charge in [0, 0.05) is 18.7 Å². The fraction of sp³-hybridized carbons (Fsp3) is 0.450. The molecule has 1 aromatic heterocycles. The fourth-order valence-electron chi connectivity index (χ4n) is 3.93. The van der Waals surface area contributed by atoms with E-state index in [0.717, 1.165) is 43.9 Å². The van der Waals surface area contributed by atoms with E-state index in [2.05, 4.69) is 15.9 Å². The second-order valence-electron chi connectivity index (χ2n) is 7.26. The molecule has 4 nitrogen and oxygen atoms in total. The SMILES string of the molecule is O=C(CN1CCC(CN2Cc3ccsc3C2O)CC1)c1ccc(F)cc1. The highest BCUT2D eigenvalue weighted by Crippen LogP contribution is 2.36. The molecular weight excluding hydrogens is 351 g/mol. The van der Waals surface area contributed by atoms with Gasteiger partial charge in [-0.05, 0) is 73.1 Å². The van der Waals surface area contributed by atoms with Crippen LogP contribution in [0.2, 0.25) is 0 Å². The van der Waals surface area contributed by atoms with Crippen molar-refractivity contribution in [1.29, 1.82) is 0 Å². The number of likely N-dealkylation sites (tertiary alicyclic amines) is 1. The lowest BCUT2D eigenvalue weighted by Gasteiger charge is -2.34. The van der Waals surface area contributed by atoms with Crippen molar-refractivity contribution in [3.8, 4) is 0 Å². The number of ketones is 1. The Hall–Kier alpha value is -1.60. The molecule has 0 radical (unpaired) electrons. The van der Waals surface area contributed by atoms with Gasteiger partial charge >= 0.3 is 0 Å². The highest BCUT2D eigenvalue weighted by molar-refractivity contribution is 7.10. The molecule has 0 amide bonds. The third-order valence-corrected chi connectivity index (χ3v) is 6.47. The van der Waals surface area contributed by atoms with Crippen LogP contribution < -0.4 is 0 Å². The molecule has 0 bridgehead atoms. The zero-order valence-corrected chi connectivity index (χ0v) is 15.4. The Balaban J connectivity index is 1.25. The van der Waals surface area contributed by atoms with Gasteiger partial charge in [-0.3, -0.25) is 14.6 Å². The van der Waals surface area contributed by atoms with E-state index in [1.165, 1.54) is 17.7 Å². The first-order valence-electron chi connectivity index (χ1n) is 9.09. The van der Waals surface area contributed by atoms with E-state index in [9.17, 15) is 14.3 Å². The normalized spacial score (nSPS) is 21.8. The number of carbonyl (C=O) groups is 1. The summed E-state index contributed by atoms with van der Waals surface area (Å²) in [5, 5.41) is 12.5. The number of benzene rings is 1. The van der Waals surface area contributed by atoms with Crippen molar-refractivity contribution in [3.63, 3.8) is 0 Å². The molecule has 1 N–H and O–H groups in total. The second-order valence-corrected chi connectivity index (χ2v) is 8.21. The number of hydrogen-bond donors (Lipinski definition) is 1. The predicted molar refractivity (Wildman–Crippen MR) is 99.6 cm³/mol. The number of hydrogen-bond acceptors (Lipinski definition) is 5. The van der Waals surface area contributed by atoms with Crippen molar-refractivity contribution >= 4 is 17.1 Å². The number of rotatable bonds is 5. The Kier molecular flexibility index (Phi) is 5.18. The van der Waals surface area contributed by atoms with E-state index in [1.807, 2.05) is 5.38 Å². The number of thiophene rings is 1. The summed E-state index contributed by atoms with van der Waals surface area (Å²) >= 11 is 1.63. The van der Waals surface area contributed by atoms with Crippen LogP contribution >= 0.6 is 11.3 Å². The molecule has 4 rings (SSSR count). The molecule has 2 aliphatic rings. The number of carbonyl (C=O) groups excluding carboxylic acids is 1. The third-order valence-electron chi connectivity index (χ3n) is 5.47. The quantitative estimate of drug-likeness (QED) is 0.816. The molecule has 138 valence electrons. The Morgan fingerprint density at radius 3 is 2.62 bits per heavy atom. The van der Waals surface area contributed by atoms with Gasteiger partial charge in [0.2, 0.25) is 0 Å². The second kappa shape index (κ2) is 7.56. The Bertz CT molecular complexity index is 768. The summed E-state index contributed by atoms with van der Waals surface area (Å²) in [7, 11) is 0. The maximum absolute atomic E-state index is 13.0. The standard InChI is InChI=1S/C20H23FN2O2S/c21-17-3-1-15(2-4-17)18(24)13-22-8-5-14(6-9-22)11-23-12-16-7-10-26-19(16)20(23)25/h1-4,7,10,14,20,25H,5-6,8-9,11-13H2. The van der Waals surface area contributed by atoms with Gasteiger partial charge < -0.3 is 5.11 Å². The van der Waals surface area contributed by atoms with Gasteiger partial charge in [-0.15, -0.1) is 11.3 Å². The van der Waals surface area contributed by atoms with Gasteiger partial charge in [-0.2, -0.15) is 0 Å². The number of nitrogens with zero attached hydrogens (tertiary/aromatic N) is 2. The summed E-state index contributed by atoms with van der Waals surface area (Å²) in [5.41, 5.74) is 1.82. The smallest absolute Gasteiger partial charge is 0.176 e. The average molecular weight is 374 g/mol. The highest BCUT2D eigenvalue weighted by atomic mass is 32.1. The Morgan fingerprint density at radius 2 is 1.92 bits per heavy atom. The molecule has 0 aliphatic carbocycles. The lowest BCUT2D eigenvalue weighted by atomic mass is 9.95. The van der Waals surface area contributed by atoms with Crippen LogP contribution in [-0.4, -0.2) is 46.9 Å². The van der Waals surface area contributed by atoms with Crippen LogP contribution in [0.1, 0.15) is 39.9 Å². The molecule has 0 spiro atoms. The Morgan fingerprint density at radius 1 is 1.19 bits per heavy atom. The van der Waals surface area contributed by atoms with Crippen molar-refractivity contribution in [1.82, 2.24) is 9.80 Å². The van der Waals surface area contributed by atoms with E-state index in [0.29, 0.717) is 18.0 Å². The average Bonchev–Trinajstić information content (AvgIpc) is 3.21. The summed E-state index contributed by atoms with van der Waals surface area (Å²) < 4.78 is 13.0. The van der Waals surface area contributed by atoms with Gasteiger partial charge in [-0.25, -0.2) is 4.39 Å². The first-order valence-corrected chi connectivity index (χ1v) is 9.97. The monoisotopic (exact) mass is 374 g/mol. The molecule has 1 fully saturated rings. The minimum atomic E-state index is -0.455. The number of aliphatic hydroxyl groups excluding tert-OH is 1. The van der Waals surface area contributed by atoms with Gasteiger partial charge in [0.15, 0.2) is 5.78 Å². The molecule has 0 saturated carbocycles. The molecule has 1 unspecified atom stereocenters. The van der Waals surface area contributed by atoms with Crippen molar-refractivity contribution < 1.29 is 14.3 Å². The molecule has 6 heteroatoms. The van der Waals surface area contributed by atoms with E-state index < -0.39 is 6.23 Å². The lowest BCUT2D eigenvalue weighted by molar-refractivity contribution is -0.00178. The topological polar surface area (TPSA) is 43.8 Å². The minimum absolute atomic E-state index is 0.0443. The van der Waals surface area contributed by atoms with Crippen LogP contribution in [0.5, 0.6) is 0 Å². The number of fused-ring (bicyclic) bond motifs is 1. The third kappa shape index (κ3) is 3.74. The van der Waals surface area contributed by atoms with E-state index in [4.69, 9.17) is 0 Å². The van der Waals surface area contributed by atoms with Gasteiger partial charge in [0.25, 0.3) is 0 Å². The maximum atomic E-state index is 13.0. The highest BCUT2D eigenvalue weighted by Gasteiger charge is 2.32. The maximum Gasteiger partial charge on any atom is 0.176 e. The number of Topliss-reactive ketones (excluding diaryl/α,β-unsaturated/α-hetero) is 1. The summed E-state index contributed by atoms with van der Waals surface area (Å²) in [4.78, 5) is 17.7. The number of piperidine rings is 1. The van der Waals surface area contributed by atoms with Crippen LogP contribution in [0.3, 0.4) is 0 Å². The predicted octanol–water partition coefficient (Wildman–Crippen LogP) is 3.29. The van der Waals surface area contributed by atoms with Crippen molar-refractivity contribution in [3.05, 3.63) is 57.5 Å². The van der Waals surface area contributed by atoms with Crippen LogP contribution in [0.4, 0.5) is 4.39 Å². The van der Waals surface area contributed by atoms with E-state index in [-0.39, 0.29) is 11.6 Å². The molecule has 2 aliphatic heterocycles. The van der Waals surface area contributed by atoms with Crippen molar-refractivity contribution in [2.24, 2.45) is 5.92 Å². The van der Waals surface area contributed by atoms with Gasteiger partial charge in [-0.1, -0.05) is 0 Å². The van der Waals surface area contributed by atoms with Crippen LogP contribution in [0, 0.1) is 11.7 Å². The molecular formula is C20H23FN2O2S. The number of halogens is 1. The fourth-order valence-corrected chi connectivity index (χ4v) is 4.86. The molecule has 2 aromatic rings. The minimum Gasteiger partial charge on any atom is -0.373 e. The first kappa shape index (κ1) is 17.8. The van der Waals surface area contributed by atoms with Gasteiger partial charge in [0.05, 0.1) is 11.4 Å². The first-order chi connectivity index (χ1) is 12.6. The summed E-state index contributed by atoms with van der Waals surface area (Å²) in [6.07, 6.45) is 1.62. The zero-order chi connectivity index (χ0) is 18.1. The van der Waals surface area contributed by atoms with Gasteiger partial charge in [0.1, 0.15) is 12.0 Å². The van der Waals surface area contributed by atoms with Crippen LogP contribution in [-0.2, 0) is 6.54 Å². The molecule has 1 atom stereocenters. The van der Waals surface area contributed by atoms with E-state index >= 15 is 0 Å². The van der Waals surface area contributed by atoms with Crippen molar-refractivity contribution in [2.75, 3.05) is 26.2 Å². The summed E-state index contributed by atoms with van der Waals surface area (Å²) in [5.74, 6) is 0.277. The Labute approximate surface area is 156 Å². The number of aliphatic hydroxyl groups is 1. The summed E-state index contributed by atoms with van der Waals surface area (Å²) in [6, 6.07) is 7.88. The molecule has 1 aromatic carbocycles. The zero-order valence-electron chi connectivity index (χ0n) is 14.6. The molecule has 1 saturated heterocycles. The summed E-state index contributed by atoms with van der Waals surface area (Å²) in [6.45, 7) is 3.92. The molecule has 3 heterocycles. The molecule has 26 heavy (non-hydrogen) atoms. The lowest BCUT2D eigenvalue weighted by Crippen LogP contribution is -2.40. The van der Waals surface area contributed by atoms with Crippen molar-refractivity contribution in [2.45, 2.75) is 25.6 Å². The van der Waals surface area contributed by atoms with Crippen LogP contribution in [0.25, 0.3) is 0 Å².